The van der Waals surface area contributed by atoms with Crippen LogP contribution in [0.1, 0.15) is 18.4 Å². The Labute approximate surface area is 170 Å². The molecule has 1 aliphatic rings. The molecule has 1 saturated heterocycles. The van der Waals surface area contributed by atoms with Gasteiger partial charge in [-0.3, -0.25) is 4.79 Å². The molecule has 8 heteroatoms. The van der Waals surface area contributed by atoms with E-state index in [1.807, 2.05) is 24.3 Å². The number of benzene rings is 2. The van der Waals surface area contributed by atoms with Gasteiger partial charge in [0.05, 0.1) is 18.4 Å². The lowest BCUT2D eigenvalue weighted by Crippen LogP contribution is -2.46. The monoisotopic (exact) mass is 422 g/mol. The van der Waals surface area contributed by atoms with E-state index in [9.17, 15) is 13.2 Å². The first-order valence-electron chi connectivity index (χ1n) is 9.06. The van der Waals surface area contributed by atoms with Crippen LogP contribution in [0.3, 0.4) is 0 Å². The van der Waals surface area contributed by atoms with Crippen LogP contribution in [0, 0.1) is 0 Å². The number of carbonyl (C=O) groups is 1. The molecule has 1 amide bonds. The van der Waals surface area contributed by atoms with Crippen molar-refractivity contribution in [2.45, 2.75) is 30.2 Å². The minimum atomic E-state index is -3.54. The van der Waals surface area contributed by atoms with Gasteiger partial charge in [-0.1, -0.05) is 23.7 Å². The third-order valence-corrected chi connectivity index (χ3v) is 6.96. The van der Waals surface area contributed by atoms with E-state index in [-0.39, 0.29) is 23.3 Å². The molecular formula is C20H23ClN2O4S. The zero-order valence-electron chi connectivity index (χ0n) is 15.6. The van der Waals surface area contributed by atoms with Crippen molar-refractivity contribution < 1.29 is 17.9 Å². The summed E-state index contributed by atoms with van der Waals surface area (Å²) in [7, 11) is -1.94. The summed E-state index contributed by atoms with van der Waals surface area (Å²) < 4.78 is 32.0. The van der Waals surface area contributed by atoms with E-state index < -0.39 is 10.0 Å². The van der Waals surface area contributed by atoms with E-state index in [0.717, 1.165) is 11.3 Å². The molecule has 0 aromatic heterocycles. The predicted molar refractivity (Wildman–Crippen MR) is 108 cm³/mol. The van der Waals surface area contributed by atoms with Gasteiger partial charge in [-0.2, -0.15) is 4.31 Å². The van der Waals surface area contributed by atoms with Gasteiger partial charge >= 0.3 is 0 Å². The maximum Gasteiger partial charge on any atom is 0.243 e. The molecule has 0 unspecified atom stereocenters. The van der Waals surface area contributed by atoms with Crippen molar-refractivity contribution >= 4 is 27.5 Å². The molecule has 150 valence electrons. The topological polar surface area (TPSA) is 75.7 Å². The van der Waals surface area contributed by atoms with Crippen LogP contribution in [-0.2, 0) is 21.2 Å². The Kier molecular flexibility index (Phi) is 6.59. The molecule has 0 aliphatic carbocycles. The number of hydrogen-bond donors (Lipinski definition) is 1. The Morgan fingerprint density at radius 3 is 2.29 bits per heavy atom. The zero-order valence-corrected chi connectivity index (χ0v) is 17.2. The smallest absolute Gasteiger partial charge is 0.243 e. The summed E-state index contributed by atoms with van der Waals surface area (Å²) >= 11 is 5.83. The van der Waals surface area contributed by atoms with Crippen LogP contribution in [0.2, 0.25) is 5.02 Å². The van der Waals surface area contributed by atoms with E-state index in [1.54, 1.807) is 19.2 Å². The van der Waals surface area contributed by atoms with Crippen LogP contribution >= 0.6 is 11.6 Å². The van der Waals surface area contributed by atoms with Gasteiger partial charge in [-0.15, -0.1) is 0 Å². The summed E-state index contributed by atoms with van der Waals surface area (Å²) in [5, 5.41) is 3.50. The molecule has 1 fully saturated rings. The average molecular weight is 423 g/mol. The second-order valence-corrected chi connectivity index (χ2v) is 9.10. The normalized spacial score (nSPS) is 15.9. The Morgan fingerprint density at radius 1 is 1.11 bits per heavy atom. The Bertz CT molecular complexity index is 906. The van der Waals surface area contributed by atoms with Gasteiger partial charge in [-0.05, 0) is 54.8 Å². The molecule has 1 aliphatic heterocycles. The van der Waals surface area contributed by atoms with E-state index in [0.29, 0.717) is 31.0 Å². The number of nitrogens with one attached hydrogen (secondary N) is 1. The fraction of sp³-hybridized carbons (Fsp3) is 0.350. The molecule has 1 heterocycles. The lowest BCUT2D eigenvalue weighted by molar-refractivity contribution is -0.121. The first-order valence-corrected chi connectivity index (χ1v) is 10.9. The molecule has 2 aromatic carbocycles. The number of methoxy groups -OCH3 is 1. The third-order valence-electron chi connectivity index (χ3n) is 4.79. The molecule has 0 atom stereocenters. The van der Waals surface area contributed by atoms with Crippen molar-refractivity contribution in [1.82, 2.24) is 9.62 Å². The van der Waals surface area contributed by atoms with Crippen molar-refractivity contribution in [3.63, 3.8) is 0 Å². The fourth-order valence-electron chi connectivity index (χ4n) is 3.20. The second-order valence-electron chi connectivity index (χ2n) is 6.72. The molecule has 3 rings (SSSR count). The number of sulfonamides is 1. The molecule has 0 bridgehead atoms. The summed E-state index contributed by atoms with van der Waals surface area (Å²) in [5.74, 6) is 0.683. The van der Waals surface area contributed by atoms with E-state index in [4.69, 9.17) is 16.3 Å². The Hall–Kier alpha value is -2.09. The van der Waals surface area contributed by atoms with Gasteiger partial charge < -0.3 is 10.1 Å². The standard InChI is InChI=1S/C20H23ClN2O4S/c1-27-18-6-2-15(3-7-18)14-20(24)22-17-10-12-23(13-11-17)28(25,26)19-8-4-16(21)5-9-19/h2-9,17H,10-14H2,1H3,(H,22,24). The van der Waals surface area contributed by atoms with Crippen molar-refractivity contribution in [2.75, 3.05) is 20.2 Å². The van der Waals surface area contributed by atoms with E-state index in [1.165, 1.54) is 16.4 Å². The Balaban J connectivity index is 1.51. The van der Waals surface area contributed by atoms with Crippen molar-refractivity contribution in [3.05, 3.63) is 59.1 Å². The maximum absolute atomic E-state index is 12.7. The van der Waals surface area contributed by atoms with Crippen molar-refractivity contribution in [1.29, 1.82) is 0 Å². The van der Waals surface area contributed by atoms with Gasteiger partial charge in [-0.25, -0.2) is 8.42 Å². The molecule has 0 saturated carbocycles. The van der Waals surface area contributed by atoms with Gasteiger partial charge in [0.15, 0.2) is 0 Å². The second kappa shape index (κ2) is 8.94. The highest BCUT2D eigenvalue weighted by atomic mass is 35.5. The lowest BCUT2D eigenvalue weighted by atomic mass is 10.1. The minimum absolute atomic E-state index is 0.0255. The lowest BCUT2D eigenvalue weighted by Gasteiger charge is -2.31. The van der Waals surface area contributed by atoms with Crippen LogP contribution < -0.4 is 10.1 Å². The molecule has 0 radical (unpaired) electrons. The molecule has 28 heavy (non-hydrogen) atoms. The first-order chi connectivity index (χ1) is 13.4. The summed E-state index contributed by atoms with van der Waals surface area (Å²) in [5.41, 5.74) is 0.904. The number of rotatable bonds is 6. The van der Waals surface area contributed by atoms with Crippen LogP contribution in [0.4, 0.5) is 0 Å². The zero-order chi connectivity index (χ0) is 20.1. The van der Waals surface area contributed by atoms with Gasteiger partial charge in [0.2, 0.25) is 15.9 Å². The highest BCUT2D eigenvalue weighted by molar-refractivity contribution is 7.89. The average Bonchev–Trinajstić information content (AvgIpc) is 2.69. The summed E-state index contributed by atoms with van der Waals surface area (Å²) in [6.07, 6.45) is 1.45. The third kappa shape index (κ3) is 5.04. The van der Waals surface area contributed by atoms with Crippen LogP contribution in [0.15, 0.2) is 53.4 Å². The van der Waals surface area contributed by atoms with Gasteiger partial charge in [0.25, 0.3) is 0 Å². The molecule has 1 N–H and O–H groups in total. The largest absolute Gasteiger partial charge is 0.497 e. The van der Waals surface area contributed by atoms with Crippen molar-refractivity contribution in [3.8, 4) is 5.75 Å². The summed E-state index contributed by atoms with van der Waals surface area (Å²) in [6.45, 7) is 0.747. The quantitative estimate of drug-likeness (QED) is 0.776. The molecule has 2 aromatic rings. The first kappa shape index (κ1) is 20.6. The number of amides is 1. The molecule has 0 spiro atoms. The number of nitrogens with zero attached hydrogens (tertiary/aromatic N) is 1. The highest BCUT2D eigenvalue weighted by Gasteiger charge is 2.29. The highest BCUT2D eigenvalue weighted by Crippen LogP contribution is 2.22. The fourth-order valence-corrected chi connectivity index (χ4v) is 4.80. The Morgan fingerprint density at radius 2 is 1.71 bits per heavy atom. The number of halogens is 1. The number of ether oxygens (including phenoxy) is 1. The maximum atomic E-state index is 12.7. The SMILES string of the molecule is COc1ccc(CC(=O)NC2CCN(S(=O)(=O)c3ccc(Cl)cc3)CC2)cc1. The number of piperidine rings is 1. The van der Waals surface area contributed by atoms with E-state index >= 15 is 0 Å². The van der Waals surface area contributed by atoms with Crippen LogP contribution in [-0.4, -0.2) is 44.9 Å². The summed E-state index contributed by atoms with van der Waals surface area (Å²) in [4.78, 5) is 12.5. The van der Waals surface area contributed by atoms with Crippen LogP contribution in [0.5, 0.6) is 5.75 Å². The van der Waals surface area contributed by atoms with Gasteiger partial charge in [0.1, 0.15) is 5.75 Å². The van der Waals surface area contributed by atoms with Crippen LogP contribution in [0.25, 0.3) is 0 Å². The van der Waals surface area contributed by atoms with E-state index in [2.05, 4.69) is 5.32 Å². The van der Waals surface area contributed by atoms with Crippen molar-refractivity contribution in [2.24, 2.45) is 0 Å². The van der Waals surface area contributed by atoms with Gasteiger partial charge in [0, 0.05) is 24.2 Å². The molecular weight excluding hydrogens is 400 g/mol. The minimum Gasteiger partial charge on any atom is -0.497 e. The molecule has 6 nitrogen and oxygen atoms in total. The predicted octanol–water partition coefficient (Wildman–Crippen LogP) is 2.86. The number of carbonyl (C=O) groups excluding carboxylic acids is 1. The summed E-state index contributed by atoms with van der Waals surface area (Å²) in [6, 6.07) is 13.5. The number of hydrogen-bond acceptors (Lipinski definition) is 4.